The normalized spacial score (nSPS) is 12.6. The van der Waals surface area contributed by atoms with Gasteiger partial charge in [-0.3, -0.25) is 4.72 Å². The van der Waals surface area contributed by atoms with Crippen molar-refractivity contribution in [2.75, 3.05) is 4.72 Å². The van der Waals surface area contributed by atoms with Crippen molar-refractivity contribution in [3.8, 4) is 0 Å². The Morgan fingerprint density at radius 3 is 2.00 bits per heavy atom. The molecule has 0 radical (unpaired) electrons. The molecule has 0 spiro atoms. The van der Waals surface area contributed by atoms with Gasteiger partial charge in [0.1, 0.15) is 0 Å². The van der Waals surface area contributed by atoms with Gasteiger partial charge >= 0.3 is 6.18 Å². The molecule has 3 aromatic rings. The van der Waals surface area contributed by atoms with Crippen LogP contribution in [0.1, 0.15) is 33.6 Å². The first kappa shape index (κ1) is 20.2. The fourth-order valence-electron chi connectivity index (χ4n) is 3.28. The van der Waals surface area contributed by atoms with E-state index < -0.39 is 22.0 Å². The van der Waals surface area contributed by atoms with Gasteiger partial charge in [0.25, 0.3) is 10.0 Å². The van der Waals surface area contributed by atoms with Gasteiger partial charge in [0, 0.05) is 0 Å². The van der Waals surface area contributed by atoms with Crippen LogP contribution in [0, 0.1) is 34.6 Å². The summed E-state index contributed by atoms with van der Waals surface area (Å²) < 4.78 is 67.0. The molecule has 5 nitrogen and oxygen atoms in total. The van der Waals surface area contributed by atoms with Crippen LogP contribution in [-0.2, 0) is 16.2 Å². The van der Waals surface area contributed by atoms with Crippen molar-refractivity contribution in [2.45, 2.75) is 45.7 Å². The second kappa shape index (κ2) is 6.51. The summed E-state index contributed by atoms with van der Waals surface area (Å²) in [6, 6.07) is 4.03. The first-order chi connectivity index (χ1) is 12.8. The lowest BCUT2D eigenvalue weighted by atomic mass is 9.95. The summed E-state index contributed by atoms with van der Waals surface area (Å²) in [6.07, 6.45) is -4.61. The molecular weight excluding hydrogens is 391 g/mol. The largest absolute Gasteiger partial charge is 0.449 e. The summed E-state index contributed by atoms with van der Waals surface area (Å²) in [5.41, 5.74) is 4.46. The number of H-pyrrole nitrogens is 1. The molecule has 0 saturated heterocycles. The molecule has 0 aliphatic carbocycles. The van der Waals surface area contributed by atoms with Gasteiger partial charge in [-0.15, -0.1) is 0 Å². The number of rotatable bonds is 3. The Morgan fingerprint density at radius 1 is 0.929 bits per heavy atom. The Labute approximate surface area is 161 Å². The van der Waals surface area contributed by atoms with Crippen LogP contribution in [0.5, 0.6) is 0 Å². The molecule has 2 aromatic carbocycles. The summed E-state index contributed by atoms with van der Waals surface area (Å²) in [5.74, 6) is -1.13. The second-order valence-electron chi connectivity index (χ2n) is 6.87. The molecular formula is C19H20F3N3O2S. The van der Waals surface area contributed by atoms with E-state index in [1.165, 1.54) is 18.2 Å². The Kier molecular flexibility index (Phi) is 4.69. The number of hydrogen-bond acceptors (Lipinski definition) is 3. The molecule has 0 aliphatic heterocycles. The third kappa shape index (κ3) is 3.34. The molecule has 150 valence electrons. The zero-order valence-electron chi connectivity index (χ0n) is 16.0. The Balaban J connectivity index is 2.06. The van der Waals surface area contributed by atoms with Crippen molar-refractivity contribution in [2.24, 2.45) is 0 Å². The van der Waals surface area contributed by atoms with E-state index in [1.807, 2.05) is 20.8 Å². The maximum absolute atomic E-state index is 13.0. The van der Waals surface area contributed by atoms with E-state index in [2.05, 4.69) is 14.7 Å². The van der Waals surface area contributed by atoms with Crippen LogP contribution in [0.15, 0.2) is 23.1 Å². The van der Waals surface area contributed by atoms with Crippen molar-refractivity contribution in [3.05, 3.63) is 51.8 Å². The first-order valence-electron chi connectivity index (χ1n) is 8.49. The molecule has 0 unspecified atom stereocenters. The quantitative estimate of drug-likeness (QED) is 0.642. The lowest BCUT2D eigenvalue weighted by molar-refractivity contribution is -0.144. The Hall–Kier alpha value is -2.55. The Bertz CT molecular complexity index is 1170. The fourth-order valence-corrected chi connectivity index (χ4v) is 4.93. The number of aromatic nitrogens is 2. The maximum Gasteiger partial charge on any atom is 0.449 e. The Morgan fingerprint density at radius 2 is 1.46 bits per heavy atom. The molecule has 2 N–H and O–H groups in total. The predicted molar refractivity (Wildman–Crippen MR) is 102 cm³/mol. The third-order valence-corrected chi connectivity index (χ3v) is 6.86. The number of nitrogens with zero attached hydrogens (tertiary/aromatic N) is 1. The van der Waals surface area contributed by atoms with E-state index in [9.17, 15) is 21.6 Å². The van der Waals surface area contributed by atoms with Gasteiger partial charge < -0.3 is 4.98 Å². The number of imidazole rings is 1. The van der Waals surface area contributed by atoms with Crippen molar-refractivity contribution >= 4 is 26.7 Å². The second-order valence-corrected chi connectivity index (χ2v) is 8.49. The zero-order valence-corrected chi connectivity index (χ0v) is 16.9. The van der Waals surface area contributed by atoms with Gasteiger partial charge in [-0.2, -0.15) is 13.2 Å². The van der Waals surface area contributed by atoms with Crippen molar-refractivity contribution in [1.29, 1.82) is 0 Å². The molecule has 0 saturated carbocycles. The number of hydrogen-bond donors (Lipinski definition) is 2. The molecule has 0 fully saturated rings. The average molecular weight is 411 g/mol. The lowest BCUT2D eigenvalue weighted by Gasteiger charge is -2.19. The van der Waals surface area contributed by atoms with Gasteiger partial charge in [-0.05, 0) is 80.6 Å². The number of fused-ring (bicyclic) bond motifs is 1. The molecule has 0 aliphatic rings. The van der Waals surface area contributed by atoms with Crippen molar-refractivity contribution < 1.29 is 21.6 Å². The van der Waals surface area contributed by atoms with Crippen molar-refractivity contribution in [1.82, 2.24) is 9.97 Å². The monoisotopic (exact) mass is 411 g/mol. The van der Waals surface area contributed by atoms with Gasteiger partial charge in [-0.25, -0.2) is 13.4 Å². The highest BCUT2D eigenvalue weighted by molar-refractivity contribution is 7.92. The van der Waals surface area contributed by atoms with Crippen LogP contribution in [0.4, 0.5) is 18.9 Å². The molecule has 0 atom stereocenters. The molecule has 0 amide bonds. The number of benzene rings is 2. The van der Waals surface area contributed by atoms with E-state index in [0.29, 0.717) is 11.1 Å². The van der Waals surface area contributed by atoms with Gasteiger partial charge in [0.2, 0.25) is 5.82 Å². The summed E-state index contributed by atoms with van der Waals surface area (Å²) in [7, 11) is -3.93. The highest BCUT2D eigenvalue weighted by Gasteiger charge is 2.34. The minimum Gasteiger partial charge on any atom is -0.334 e. The summed E-state index contributed by atoms with van der Waals surface area (Å²) >= 11 is 0. The number of alkyl halides is 3. The van der Waals surface area contributed by atoms with Crippen LogP contribution >= 0.6 is 0 Å². The van der Waals surface area contributed by atoms with Gasteiger partial charge in [-0.1, -0.05) is 0 Å². The van der Waals surface area contributed by atoms with Gasteiger partial charge in [0.05, 0.1) is 21.6 Å². The molecule has 9 heteroatoms. The predicted octanol–water partition coefficient (Wildman–Crippen LogP) is 4.92. The number of sulfonamides is 1. The number of anilines is 1. The third-order valence-electron chi connectivity index (χ3n) is 5.20. The first-order valence-corrected chi connectivity index (χ1v) is 9.98. The molecule has 1 heterocycles. The van der Waals surface area contributed by atoms with Crippen LogP contribution in [-0.4, -0.2) is 18.4 Å². The topological polar surface area (TPSA) is 74.8 Å². The van der Waals surface area contributed by atoms with Crippen LogP contribution in [0.3, 0.4) is 0 Å². The minimum atomic E-state index is -4.61. The number of halogens is 3. The van der Waals surface area contributed by atoms with Crippen molar-refractivity contribution in [3.63, 3.8) is 0 Å². The molecule has 3 rings (SSSR count). The molecule has 0 bridgehead atoms. The van der Waals surface area contributed by atoms with E-state index in [4.69, 9.17) is 0 Å². The SMILES string of the molecule is Cc1c(C)c(C)c(S(=O)(=O)Nc2ccc3nc(C(F)(F)F)[nH]c3c2)c(C)c1C. The van der Waals surface area contributed by atoms with E-state index in [-0.39, 0.29) is 21.6 Å². The van der Waals surface area contributed by atoms with Crippen LogP contribution in [0.2, 0.25) is 0 Å². The van der Waals surface area contributed by atoms with E-state index in [0.717, 1.165) is 16.7 Å². The standard InChI is InChI=1S/C19H20F3N3O2S/c1-9-10(2)12(4)17(13(5)11(9)3)28(26,27)25-14-6-7-15-16(8-14)24-18(23-15)19(20,21)22/h6-8,25H,1-5H3,(H,23,24). The van der Waals surface area contributed by atoms with Crippen LogP contribution < -0.4 is 4.72 Å². The summed E-state index contributed by atoms with van der Waals surface area (Å²) in [5, 5.41) is 0. The summed E-state index contributed by atoms with van der Waals surface area (Å²) in [4.78, 5) is 5.85. The smallest absolute Gasteiger partial charge is 0.334 e. The molecule has 1 aromatic heterocycles. The average Bonchev–Trinajstić information content (AvgIpc) is 3.01. The number of aromatic amines is 1. The maximum atomic E-state index is 13.0. The zero-order chi connectivity index (χ0) is 21.0. The minimum absolute atomic E-state index is 0.0947. The highest BCUT2D eigenvalue weighted by atomic mass is 32.2. The molecule has 28 heavy (non-hydrogen) atoms. The highest BCUT2D eigenvalue weighted by Crippen LogP contribution is 2.32. The lowest BCUT2D eigenvalue weighted by Crippen LogP contribution is -2.17. The van der Waals surface area contributed by atoms with Crippen LogP contribution in [0.25, 0.3) is 11.0 Å². The van der Waals surface area contributed by atoms with Gasteiger partial charge in [0.15, 0.2) is 0 Å². The number of nitrogens with one attached hydrogen (secondary N) is 2. The van der Waals surface area contributed by atoms with E-state index >= 15 is 0 Å². The summed E-state index contributed by atoms with van der Waals surface area (Å²) in [6.45, 7) is 9.17. The van der Waals surface area contributed by atoms with E-state index in [1.54, 1.807) is 13.8 Å². The fraction of sp³-hybridized carbons (Fsp3) is 0.316.